The molecular formula is C18H23N3O4. The Morgan fingerprint density at radius 2 is 2.00 bits per heavy atom. The molecule has 1 atom stereocenters. The zero-order valence-electron chi connectivity index (χ0n) is 14.5. The van der Waals surface area contributed by atoms with Crippen molar-refractivity contribution >= 4 is 11.6 Å². The molecule has 0 aliphatic carbocycles. The van der Waals surface area contributed by atoms with Crippen LogP contribution in [0.1, 0.15) is 22.5 Å². The average molecular weight is 345 g/mol. The number of anilines is 1. The Morgan fingerprint density at radius 3 is 2.60 bits per heavy atom. The largest absolute Gasteiger partial charge is 0.497 e. The van der Waals surface area contributed by atoms with Crippen LogP contribution in [0.4, 0.5) is 5.69 Å². The second kappa shape index (κ2) is 7.48. The molecule has 1 aromatic heterocycles. The van der Waals surface area contributed by atoms with Crippen LogP contribution in [0.15, 0.2) is 34.9 Å². The van der Waals surface area contributed by atoms with Gasteiger partial charge in [0.15, 0.2) is 0 Å². The third kappa shape index (κ3) is 3.88. The Kier molecular flexibility index (Phi) is 5.14. The molecule has 2 heterocycles. The number of benzene rings is 1. The number of rotatable bonds is 6. The molecule has 0 radical (unpaired) electrons. The van der Waals surface area contributed by atoms with Crippen molar-refractivity contribution in [3.8, 4) is 11.5 Å². The standard InChI is InChI=1S/C18H23N3O4/c1-23-15-6-14(7-16(8-15)24-2)21-4-3-13(10-21)20-18(22)12-5-17(9-19)25-11-12/h5-8,11,13H,3-4,9-10,19H2,1-2H3,(H,20,22). The summed E-state index contributed by atoms with van der Waals surface area (Å²) in [6.07, 6.45) is 2.31. The third-order valence-corrected chi connectivity index (χ3v) is 4.34. The molecule has 134 valence electrons. The van der Waals surface area contributed by atoms with E-state index in [1.54, 1.807) is 20.3 Å². The Morgan fingerprint density at radius 1 is 1.28 bits per heavy atom. The molecule has 7 heteroatoms. The predicted octanol–water partition coefficient (Wildman–Crippen LogP) is 1.76. The second-order valence-electron chi connectivity index (χ2n) is 5.98. The van der Waals surface area contributed by atoms with E-state index in [4.69, 9.17) is 19.6 Å². The van der Waals surface area contributed by atoms with Gasteiger partial charge in [-0.1, -0.05) is 0 Å². The van der Waals surface area contributed by atoms with Crippen molar-refractivity contribution < 1.29 is 18.7 Å². The lowest BCUT2D eigenvalue weighted by atomic mass is 10.2. The van der Waals surface area contributed by atoms with Crippen molar-refractivity contribution in [2.45, 2.75) is 19.0 Å². The predicted molar refractivity (Wildman–Crippen MR) is 94.2 cm³/mol. The molecule has 1 aliphatic rings. The first-order chi connectivity index (χ1) is 12.1. The van der Waals surface area contributed by atoms with Crippen molar-refractivity contribution in [3.63, 3.8) is 0 Å². The first-order valence-electron chi connectivity index (χ1n) is 8.19. The maximum atomic E-state index is 12.3. The van der Waals surface area contributed by atoms with Gasteiger partial charge in [-0.2, -0.15) is 0 Å². The summed E-state index contributed by atoms with van der Waals surface area (Å²) in [5.74, 6) is 1.95. The zero-order valence-corrected chi connectivity index (χ0v) is 14.5. The Labute approximate surface area is 146 Å². The van der Waals surface area contributed by atoms with Crippen molar-refractivity contribution in [1.29, 1.82) is 0 Å². The lowest BCUT2D eigenvalue weighted by Crippen LogP contribution is -2.36. The minimum atomic E-state index is -0.140. The molecule has 0 spiro atoms. The first kappa shape index (κ1) is 17.2. The second-order valence-corrected chi connectivity index (χ2v) is 5.98. The van der Waals surface area contributed by atoms with E-state index < -0.39 is 0 Å². The normalized spacial score (nSPS) is 16.8. The van der Waals surface area contributed by atoms with Gasteiger partial charge in [-0.05, 0) is 12.5 Å². The van der Waals surface area contributed by atoms with E-state index >= 15 is 0 Å². The number of ether oxygens (including phenoxy) is 2. The van der Waals surface area contributed by atoms with Crippen LogP contribution in [0.25, 0.3) is 0 Å². The summed E-state index contributed by atoms with van der Waals surface area (Å²) in [5.41, 5.74) is 7.02. The summed E-state index contributed by atoms with van der Waals surface area (Å²) >= 11 is 0. The maximum Gasteiger partial charge on any atom is 0.254 e. The molecule has 1 unspecified atom stereocenters. The van der Waals surface area contributed by atoms with Gasteiger partial charge < -0.3 is 29.8 Å². The lowest BCUT2D eigenvalue weighted by Gasteiger charge is -2.20. The third-order valence-electron chi connectivity index (χ3n) is 4.34. The number of furan rings is 1. The highest BCUT2D eigenvalue weighted by molar-refractivity contribution is 5.94. The fourth-order valence-corrected chi connectivity index (χ4v) is 2.96. The van der Waals surface area contributed by atoms with E-state index in [0.717, 1.165) is 36.7 Å². The van der Waals surface area contributed by atoms with Gasteiger partial charge in [0.2, 0.25) is 0 Å². The number of nitrogens with two attached hydrogens (primary N) is 1. The van der Waals surface area contributed by atoms with Crippen LogP contribution in [0.5, 0.6) is 11.5 Å². The number of hydrogen-bond donors (Lipinski definition) is 2. The SMILES string of the molecule is COc1cc(OC)cc(N2CCC(NC(=O)c3coc(CN)c3)C2)c1. The van der Waals surface area contributed by atoms with Crippen LogP contribution in [-0.2, 0) is 6.54 Å². The highest BCUT2D eigenvalue weighted by atomic mass is 16.5. The van der Waals surface area contributed by atoms with E-state index in [1.165, 1.54) is 6.26 Å². The van der Waals surface area contributed by atoms with Gasteiger partial charge in [0.1, 0.15) is 23.5 Å². The Balaban J connectivity index is 1.64. The molecule has 25 heavy (non-hydrogen) atoms. The quantitative estimate of drug-likeness (QED) is 0.829. The van der Waals surface area contributed by atoms with Crippen LogP contribution < -0.4 is 25.4 Å². The molecule has 3 N–H and O–H groups in total. The van der Waals surface area contributed by atoms with E-state index in [9.17, 15) is 4.79 Å². The molecule has 1 amide bonds. The zero-order chi connectivity index (χ0) is 17.8. The highest BCUT2D eigenvalue weighted by Gasteiger charge is 2.25. The minimum absolute atomic E-state index is 0.0703. The Hall–Kier alpha value is -2.67. The van der Waals surface area contributed by atoms with Crippen LogP contribution in [0.2, 0.25) is 0 Å². The summed E-state index contributed by atoms with van der Waals surface area (Å²) < 4.78 is 15.9. The molecule has 0 bridgehead atoms. The molecule has 2 aromatic rings. The summed E-state index contributed by atoms with van der Waals surface area (Å²) in [4.78, 5) is 14.5. The van der Waals surface area contributed by atoms with Gasteiger partial charge in [0.05, 0.1) is 26.3 Å². The van der Waals surface area contributed by atoms with Crippen molar-refractivity contribution in [1.82, 2.24) is 5.32 Å². The topological polar surface area (TPSA) is 90.0 Å². The number of nitrogens with one attached hydrogen (secondary N) is 1. The molecule has 1 saturated heterocycles. The fraction of sp³-hybridized carbons (Fsp3) is 0.389. The molecule has 7 nitrogen and oxygen atoms in total. The molecule has 1 aromatic carbocycles. The van der Waals surface area contributed by atoms with E-state index in [-0.39, 0.29) is 18.5 Å². The number of methoxy groups -OCH3 is 2. The number of amides is 1. The monoisotopic (exact) mass is 345 g/mol. The lowest BCUT2D eigenvalue weighted by molar-refractivity contribution is 0.0939. The first-order valence-corrected chi connectivity index (χ1v) is 8.19. The van der Waals surface area contributed by atoms with Crippen LogP contribution in [0, 0.1) is 0 Å². The highest BCUT2D eigenvalue weighted by Crippen LogP contribution is 2.30. The van der Waals surface area contributed by atoms with Crippen molar-refractivity contribution in [2.24, 2.45) is 5.73 Å². The molecule has 0 saturated carbocycles. The Bertz CT molecular complexity index is 721. The number of hydrogen-bond acceptors (Lipinski definition) is 6. The maximum absolute atomic E-state index is 12.3. The van der Waals surface area contributed by atoms with E-state index in [0.29, 0.717) is 11.3 Å². The number of carbonyl (C=O) groups excluding carboxylic acids is 1. The molecule has 1 aliphatic heterocycles. The van der Waals surface area contributed by atoms with Crippen molar-refractivity contribution in [3.05, 3.63) is 41.9 Å². The van der Waals surface area contributed by atoms with E-state index in [1.807, 2.05) is 18.2 Å². The number of carbonyl (C=O) groups is 1. The smallest absolute Gasteiger partial charge is 0.254 e. The average Bonchev–Trinajstić information content (AvgIpc) is 3.30. The van der Waals surface area contributed by atoms with Crippen molar-refractivity contribution in [2.75, 3.05) is 32.2 Å². The van der Waals surface area contributed by atoms with Gasteiger partial charge in [0.25, 0.3) is 5.91 Å². The summed E-state index contributed by atoms with van der Waals surface area (Å²) in [5, 5.41) is 3.05. The van der Waals surface area contributed by atoms with Gasteiger partial charge in [0, 0.05) is 43.0 Å². The molecule has 1 fully saturated rings. The fourth-order valence-electron chi connectivity index (χ4n) is 2.96. The minimum Gasteiger partial charge on any atom is -0.497 e. The van der Waals surface area contributed by atoms with Gasteiger partial charge in [-0.25, -0.2) is 0 Å². The summed E-state index contributed by atoms with van der Waals surface area (Å²) in [7, 11) is 3.26. The van der Waals surface area contributed by atoms with E-state index in [2.05, 4.69) is 10.2 Å². The van der Waals surface area contributed by atoms with Gasteiger partial charge >= 0.3 is 0 Å². The van der Waals surface area contributed by atoms with Crippen LogP contribution in [-0.4, -0.2) is 39.3 Å². The molecule has 3 rings (SSSR count). The van der Waals surface area contributed by atoms with Crippen LogP contribution in [0.3, 0.4) is 0 Å². The summed E-state index contributed by atoms with van der Waals surface area (Å²) in [6, 6.07) is 7.52. The van der Waals surface area contributed by atoms with Gasteiger partial charge in [-0.15, -0.1) is 0 Å². The molecular weight excluding hydrogens is 322 g/mol. The number of nitrogens with zero attached hydrogens (tertiary/aromatic N) is 1. The summed E-state index contributed by atoms with van der Waals surface area (Å²) in [6.45, 7) is 1.85. The van der Waals surface area contributed by atoms with Gasteiger partial charge in [-0.3, -0.25) is 4.79 Å². The van der Waals surface area contributed by atoms with Crippen LogP contribution >= 0.6 is 0 Å².